The average Bonchev–Trinajstić information content (AvgIpc) is 3.29. The van der Waals surface area contributed by atoms with Crippen molar-refractivity contribution in [2.24, 2.45) is 17.8 Å². The van der Waals surface area contributed by atoms with E-state index in [1.165, 1.54) is 24.3 Å². The Balaban J connectivity index is 1.70. The smallest absolute Gasteiger partial charge is 0.236 e. The summed E-state index contributed by atoms with van der Waals surface area (Å²) in [6, 6.07) is 11.6. The van der Waals surface area contributed by atoms with Crippen LogP contribution < -0.4 is 5.32 Å². The molecule has 2 bridgehead atoms. The van der Waals surface area contributed by atoms with E-state index in [1.54, 1.807) is 0 Å². The highest BCUT2D eigenvalue weighted by Gasteiger charge is 2.66. The number of benzene rings is 2. The molecular formula is C22H18FNO2. The lowest BCUT2D eigenvalue weighted by molar-refractivity contribution is -0.122. The topological polar surface area (TPSA) is 46.2 Å². The Bertz CT molecular complexity index is 978. The van der Waals surface area contributed by atoms with Crippen LogP contribution in [0.3, 0.4) is 0 Å². The molecule has 1 amide bonds. The van der Waals surface area contributed by atoms with Crippen molar-refractivity contribution in [3.05, 3.63) is 77.1 Å². The van der Waals surface area contributed by atoms with Gasteiger partial charge >= 0.3 is 0 Å². The highest BCUT2D eigenvalue weighted by molar-refractivity contribution is 6.13. The number of hydrogen-bond acceptors (Lipinski definition) is 2. The van der Waals surface area contributed by atoms with Gasteiger partial charge in [-0.1, -0.05) is 29.8 Å². The van der Waals surface area contributed by atoms with Gasteiger partial charge in [0.2, 0.25) is 5.91 Å². The van der Waals surface area contributed by atoms with Crippen molar-refractivity contribution in [3.8, 4) is 0 Å². The largest absolute Gasteiger partial charge is 0.325 e. The first kappa shape index (κ1) is 15.5. The molecule has 1 spiro atoms. The predicted octanol–water partition coefficient (Wildman–Crippen LogP) is 4.03. The third-order valence-corrected chi connectivity index (χ3v) is 6.28. The van der Waals surface area contributed by atoms with E-state index < -0.39 is 11.3 Å². The fourth-order valence-electron chi connectivity index (χ4n) is 5.21. The van der Waals surface area contributed by atoms with E-state index in [9.17, 15) is 14.0 Å². The number of halogens is 1. The Morgan fingerprint density at radius 1 is 1.15 bits per heavy atom. The second-order valence-electron chi connectivity index (χ2n) is 7.61. The lowest BCUT2D eigenvalue weighted by Crippen LogP contribution is -2.48. The molecule has 3 nitrogen and oxygen atoms in total. The second-order valence-corrected chi connectivity index (χ2v) is 7.61. The van der Waals surface area contributed by atoms with E-state index in [2.05, 4.69) is 17.5 Å². The molecule has 1 fully saturated rings. The maximum absolute atomic E-state index is 13.4. The van der Waals surface area contributed by atoms with Crippen molar-refractivity contribution in [3.63, 3.8) is 0 Å². The molecule has 1 N–H and O–H groups in total. The summed E-state index contributed by atoms with van der Waals surface area (Å²) in [5.41, 5.74) is 2.41. The van der Waals surface area contributed by atoms with E-state index in [4.69, 9.17) is 0 Å². The summed E-state index contributed by atoms with van der Waals surface area (Å²) in [5.74, 6) is -0.934. The highest BCUT2D eigenvalue weighted by Crippen LogP contribution is 2.62. The first-order chi connectivity index (χ1) is 12.5. The van der Waals surface area contributed by atoms with Crippen LogP contribution in [-0.4, -0.2) is 11.7 Å². The van der Waals surface area contributed by atoms with Crippen molar-refractivity contribution in [1.29, 1.82) is 0 Å². The van der Waals surface area contributed by atoms with Gasteiger partial charge in [0.1, 0.15) is 5.82 Å². The monoisotopic (exact) mass is 347 g/mol. The number of carbonyl (C=O) groups excluding carboxylic acids is 2. The summed E-state index contributed by atoms with van der Waals surface area (Å²) in [7, 11) is 0. The number of allylic oxidation sites excluding steroid dienone is 2. The molecule has 1 saturated carbocycles. The lowest BCUT2D eigenvalue weighted by Gasteiger charge is -2.36. The molecular weight excluding hydrogens is 329 g/mol. The van der Waals surface area contributed by atoms with Crippen LogP contribution in [0.2, 0.25) is 0 Å². The van der Waals surface area contributed by atoms with Gasteiger partial charge in [-0.05, 0) is 61.1 Å². The van der Waals surface area contributed by atoms with E-state index >= 15 is 0 Å². The van der Waals surface area contributed by atoms with Crippen LogP contribution in [-0.2, 0) is 10.2 Å². The molecule has 2 aliphatic carbocycles. The minimum absolute atomic E-state index is 0.0185. The highest BCUT2D eigenvalue weighted by atomic mass is 19.1. The van der Waals surface area contributed by atoms with Crippen LogP contribution in [0.4, 0.5) is 10.1 Å². The Kier molecular flexibility index (Phi) is 3.06. The minimum atomic E-state index is -0.855. The first-order valence-corrected chi connectivity index (χ1v) is 8.92. The Morgan fingerprint density at radius 2 is 1.92 bits per heavy atom. The van der Waals surface area contributed by atoms with Crippen LogP contribution in [0.5, 0.6) is 0 Å². The summed E-state index contributed by atoms with van der Waals surface area (Å²) in [5, 5.41) is 3.00. The van der Waals surface area contributed by atoms with E-state index in [1.807, 2.05) is 25.1 Å². The molecule has 4 heteroatoms. The molecule has 0 saturated heterocycles. The number of ketones is 1. The molecule has 1 aliphatic heterocycles. The molecule has 26 heavy (non-hydrogen) atoms. The van der Waals surface area contributed by atoms with Crippen molar-refractivity contribution in [2.45, 2.75) is 18.8 Å². The summed E-state index contributed by atoms with van der Waals surface area (Å²) in [6.45, 7) is 2.00. The van der Waals surface area contributed by atoms with Gasteiger partial charge in [0, 0.05) is 17.2 Å². The van der Waals surface area contributed by atoms with Crippen molar-refractivity contribution in [1.82, 2.24) is 0 Å². The van der Waals surface area contributed by atoms with Crippen molar-refractivity contribution >= 4 is 17.4 Å². The van der Waals surface area contributed by atoms with Crippen LogP contribution >= 0.6 is 0 Å². The zero-order valence-electron chi connectivity index (χ0n) is 14.3. The quantitative estimate of drug-likeness (QED) is 0.659. The van der Waals surface area contributed by atoms with Crippen molar-refractivity contribution in [2.75, 3.05) is 5.32 Å². The van der Waals surface area contributed by atoms with Gasteiger partial charge < -0.3 is 5.32 Å². The standard InChI is InChI=1S/C22H18FNO2/c1-12-2-9-18-17(10-12)22(21(26)24-18)15-6-3-14(11-15)19(22)20(25)13-4-7-16(23)8-5-13/h2-10,14-15,19H,11H2,1H3,(H,24,26). The number of fused-ring (bicyclic) bond motifs is 5. The zero-order chi connectivity index (χ0) is 18.1. The lowest BCUT2D eigenvalue weighted by atomic mass is 9.62. The second kappa shape index (κ2) is 5.13. The molecule has 0 aromatic heterocycles. The number of Topliss-reactive ketones (excluding diaryl/α,β-unsaturated/α-hetero) is 1. The number of anilines is 1. The van der Waals surface area contributed by atoms with Gasteiger partial charge in [0.15, 0.2) is 5.78 Å². The molecule has 2 aromatic rings. The molecule has 0 radical (unpaired) electrons. The third kappa shape index (κ3) is 1.82. The number of carbonyl (C=O) groups is 2. The Labute approximate surface area is 150 Å². The first-order valence-electron chi connectivity index (χ1n) is 8.92. The number of amides is 1. The predicted molar refractivity (Wildman–Crippen MR) is 96.4 cm³/mol. The van der Waals surface area contributed by atoms with E-state index in [0.717, 1.165) is 23.2 Å². The van der Waals surface area contributed by atoms with Crippen LogP contribution in [0, 0.1) is 30.5 Å². The normalized spacial score (nSPS) is 30.7. The third-order valence-electron chi connectivity index (χ3n) is 6.28. The van der Waals surface area contributed by atoms with E-state index in [0.29, 0.717) is 5.56 Å². The number of hydrogen-bond donors (Lipinski definition) is 1. The summed E-state index contributed by atoms with van der Waals surface area (Å²) in [6.07, 6.45) is 4.97. The van der Waals surface area contributed by atoms with Crippen LogP contribution in [0.25, 0.3) is 0 Å². The molecule has 5 rings (SSSR count). The van der Waals surface area contributed by atoms with E-state index in [-0.39, 0.29) is 29.3 Å². The number of aryl methyl sites for hydroxylation is 1. The van der Waals surface area contributed by atoms with Gasteiger partial charge in [-0.2, -0.15) is 0 Å². The number of nitrogens with one attached hydrogen (secondary N) is 1. The van der Waals surface area contributed by atoms with Crippen LogP contribution in [0.1, 0.15) is 27.9 Å². The Morgan fingerprint density at radius 3 is 2.69 bits per heavy atom. The summed E-state index contributed by atoms with van der Waals surface area (Å²) in [4.78, 5) is 26.6. The molecule has 2 aromatic carbocycles. The van der Waals surface area contributed by atoms with Gasteiger partial charge in [-0.15, -0.1) is 0 Å². The van der Waals surface area contributed by atoms with Gasteiger partial charge in [-0.25, -0.2) is 4.39 Å². The molecule has 3 aliphatic rings. The maximum Gasteiger partial charge on any atom is 0.236 e. The van der Waals surface area contributed by atoms with Gasteiger partial charge in [0.05, 0.1) is 5.41 Å². The maximum atomic E-state index is 13.4. The Hall–Kier alpha value is -2.75. The van der Waals surface area contributed by atoms with Crippen LogP contribution in [0.15, 0.2) is 54.6 Å². The van der Waals surface area contributed by atoms with Gasteiger partial charge in [-0.3, -0.25) is 9.59 Å². The molecule has 4 atom stereocenters. The summed E-state index contributed by atoms with van der Waals surface area (Å²) >= 11 is 0. The zero-order valence-corrected chi connectivity index (χ0v) is 14.3. The average molecular weight is 347 g/mol. The molecule has 130 valence electrons. The molecule has 4 unspecified atom stereocenters. The number of rotatable bonds is 2. The van der Waals surface area contributed by atoms with Crippen molar-refractivity contribution < 1.29 is 14.0 Å². The fourth-order valence-corrected chi connectivity index (χ4v) is 5.21. The van der Waals surface area contributed by atoms with Gasteiger partial charge in [0.25, 0.3) is 0 Å². The SMILES string of the molecule is Cc1ccc2c(c1)C1(C(=O)N2)C2C=CC(C2)C1C(=O)c1ccc(F)cc1. The molecule has 1 heterocycles. The minimum Gasteiger partial charge on any atom is -0.325 e. The summed E-state index contributed by atoms with van der Waals surface area (Å²) < 4.78 is 13.3. The fraction of sp³-hybridized carbons (Fsp3) is 0.273.